The molecule has 2 rings (SSSR count). The van der Waals surface area contributed by atoms with Crippen molar-refractivity contribution in [2.24, 2.45) is 5.73 Å². The van der Waals surface area contributed by atoms with Gasteiger partial charge in [0.2, 0.25) is 0 Å². The van der Waals surface area contributed by atoms with Gasteiger partial charge >= 0.3 is 0 Å². The fourth-order valence-electron chi connectivity index (χ4n) is 2.27. The summed E-state index contributed by atoms with van der Waals surface area (Å²) in [5.74, 6) is -0.866. The lowest BCUT2D eigenvalue weighted by Crippen LogP contribution is -2.15. The van der Waals surface area contributed by atoms with Crippen LogP contribution >= 0.6 is 0 Å². The lowest BCUT2D eigenvalue weighted by molar-refractivity contribution is 0.571. The Morgan fingerprint density at radius 2 is 1.94 bits per heavy atom. The first-order valence-corrected chi connectivity index (χ1v) is 6.08. The fraction of sp³-hybridized carbons (Fsp3) is 0.429. The molecule has 1 aromatic carbocycles. The Balaban J connectivity index is 2.26. The maximum Gasteiger partial charge on any atom is 0.128 e. The van der Waals surface area contributed by atoms with E-state index in [2.05, 4.69) is 6.08 Å². The van der Waals surface area contributed by atoms with Crippen LogP contribution in [0, 0.1) is 11.6 Å². The van der Waals surface area contributed by atoms with Gasteiger partial charge in [0.25, 0.3) is 0 Å². The molecule has 0 aliphatic heterocycles. The third-order valence-electron chi connectivity index (χ3n) is 3.27. The molecular formula is C14H17F2N. The monoisotopic (exact) mass is 237 g/mol. The normalized spacial score (nSPS) is 18.4. The Bertz CT molecular complexity index is 426. The zero-order chi connectivity index (χ0) is 12.3. The summed E-state index contributed by atoms with van der Waals surface area (Å²) in [6, 6.07) is 2.95. The summed E-state index contributed by atoms with van der Waals surface area (Å²) in [6.07, 6.45) is 7.37. The summed E-state index contributed by atoms with van der Waals surface area (Å²) in [6.45, 7) is 0. The molecule has 1 nitrogen and oxygen atoms in total. The molecule has 0 amide bonds. The first kappa shape index (κ1) is 12.2. The van der Waals surface area contributed by atoms with E-state index in [1.54, 1.807) is 0 Å². The molecule has 1 atom stereocenters. The first-order valence-electron chi connectivity index (χ1n) is 6.08. The van der Waals surface area contributed by atoms with Gasteiger partial charge in [-0.05, 0) is 43.9 Å². The highest BCUT2D eigenvalue weighted by Gasteiger charge is 2.17. The van der Waals surface area contributed by atoms with Gasteiger partial charge in [0.05, 0.1) is 6.04 Å². The van der Waals surface area contributed by atoms with Gasteiger partial charge < -0.3 is 5.73 Å². The van der Waals surface area contributed by atoms with Crippen LogP contribution in [0.15, 0.2) is 29.8 Å². The third-order valence-corrected chi connectivity index (χ3v) is 3.27. The van der Waals surface area contributed by atoms with Crippen LogP contribution in [0.2, 0.25) is 0 Å². The van der Waals surface area contributed by atoms with Gasteiger partial charge in [-0.2, -0.15) is 0 Å². The van der Waals surface area contributed by atoms with Crippen molar-refractivity contribution in [3.63, 3.8) is 0 Å². The second kappa shape index (κ2) is 5.41. The van der Waals surface area contributed by atoms with E-state index >= 15 is 0 Å². The number of rotatable bonds is 2. The molecule has 1 unspecified atom stereocenters. The van der Waals surface area contributed by atoms with E-state index in [1.807, 2.05) is 0 Å². The summed E-state index contributed by atoms with van der Waals surface area (Å²) in [4.78, 5) is 0. The quantitative estimate of drug-likeness (QED) is 0.777. The van der Waals surface area contributed by atoms with Crippen LogP contribution in [0.4, 0.5) is 8.78 Å². The number of hydrogen-bond donors (Lipinski definition) is 1. The van der Waals surface area contributed by atoms with Crippen LogP contribution in [0.5, 0.6) is 0 Å². The Kier molecular flexibility index (Phi) is 3.89. The Morgan fingerprint density at radius 1 is 1.12 bits per heavy atom. The summed E-state index contributed by atoms with van der Waals surface area (Å²) in [5, 5.41) is 0. The van der Waals surface area contributed by atoms with Crippen LogP contribution < -0.4 is 5.73 Å². The van der Waals surface area contributed by atoms with Gasteiger partial charge in [0.1, 0.15) is 11.6 Å². The summed E-state index contributed by atoms with van der Waals surface area (Å²) in [5.41, 5.74) is 7.33. The van der Waals surface area contributed by atoms with Crippen molar-refractivity contribution in [1.29, 1.82) is 0 Å². The van der Waals surface area contributed by atoms with Crippen LogP contribution in [0.3, 0.4) is 0 Å². The van der Waals surface area contributed by atoms with Gasteiger partial charge in [-0.15, -0.1) is 0 Å². The molecule has 0 saturated heterocycles. The standard InChI is InChI=1S/C14H17F2N/c15-11-7-8-13(16)12(9-11)14(17)10-5-3-1-2-4-6-10/h5,7-9,14H,1-4,6,17H2. The summed E-state index contributed by atoms with van der Waals surface area (Å²) in [7, 11) is 0. The van der Waals surface area contributed by atoms with Gasteiger partial charge in [-0.3, -0.25) is 0 Å². The fourth-order valence-corrected chi connectivity index (χ4v) is 2.27. The molecule has 1 aliphatic rings. The van der Waals surface area contributed by atoms with E-state index in [0.29, 0.717) is 0 Å². The van der Waals surface area contributed by atoms with Crippen LogP contribution in [0.1, 0.15) is 43.7 Å². The molecule has 0 radical (unpaired) electrons. The first-order chi connectivity index (χ1) is 8.18. The van der Waals surface area contributed by atoms with Gasteiger partial charge in [-0.25, -0.2) is 8.78 Å². The SMILES string of the molecule is NC(C1=CCCCCC1)c1cc(F)ccc1F. The Morgan fingerprint density at radius 3 is 2.76 bits per heavy atom. The highest BCUT2D eigenvalue weighted by molar-refractivity contribution is 5.30. The van der Waals surface area contributed by atoms with E-state index < -0.39 is 17.7 Å². The van der Waals surface area contributed by atoms with Crippen molar-refractivity contribution >= 4 is 0 Å². The second-order valence-corrected chi connectivity index (χ2v) is 4.52. The molecule has 0 heterocycles. The lowest BCUT2D eigenvalue weighted by Gasteiger charge is -2.16. The van der Waals surface area contributed by atoms with Crippen molar-refractivity contribution < 1.29 is 8.78 Å². The number of benzene rings is 1. The molecule has 0 aromatic heterocycles. The summed E-state index contributed by atoms with van der Waals surface area (Å²) < 4.78 is 26.7. The number of halogens is 2. The van der Waals surface area contributed by atoms with Crippen molar-refractivity contribution in [2.45, 2.75) is 38.1 Å². The zero-order valence-corrected chi connectivity index (χ0v) is 9.76. The van der Waals surface area contributed by atoms with E-state index in [-0.39, 0.29) is 5.56 Å². The van der Waals surface area contributed by atoms with Crippen LogP contribution in [-0.2, 0) is 0 Å². The lowest BCUT2D eigenvalue weighted by atomic mass is 9.95. The van der Waals surface area contributed by atoms with Crippen molar-refractivity contribution in [3.05, 3.63) is 47.0 Å². The molecule has 3 heteroatoms. The molecule has 17 heavy (non-hydrogen) atoms. The van der Waals surface area contributed by atoms with Crippen LogP contribution in [0.25, 0.3) is 0 Å². The largest absolute Gasteiger partial charge is 0.320 e. The van der Waals surface area contributed by atoms with Crippen molar-refractivity contribution in [1.82, 2.24) is 0 Å². The summed E-state index contributed by atoms with van der Waals surface area (Å²) >= 11 is 0. The molecule has 0 fully saturated rings. The van der Waals surface area contributed by atoms with E-state index in [0.717, 1.165) is 43.4 Å². The maximum absolute atomic E-state index is 13.6. The van der Waals surface area contributed by atoms with Crippen molar-refractivity contribution in [2.75, 3.05) is 0 Å². The average molecular weight is 237 g/mol. The van der Waals surface area contributed by atoms with E-state index in [4.69, 9.17) is 5.73 Å². The molecule has 92 valence electrons. The predicted molar refractivity (Wildman–Crippen MR) is 64.5 cm³/mol. The Hall–Kier alpha value is -1.22. The molecule has 1 aromatic rings. The number of nitrogens with two attached hydrogens (primary N) is 1. The average Bonchev–Trinajstić information content (AvgIpc) is 2.60. The smallest absolute Gasteiger partial charge is 0.128 e. The highest BCUT2D eigenvalue weighted by atomic mass is 19.1. The van der Waals surface area contributed by atoms with Crippen LogP contribution in [-0.4, -0.2) is 0 Å². The van der Waals surface area contributed by atoms with E-state index in [1.165, 1.54) is 12.5 Å². The third kappa shape index (κ3) is 2.91. The molecule has 0 bridgehead atoms. The molecular weight excluding hydrogens is 220 g/mol. The van der Waals surface area contributed by atoms with Gasteiger partial charge in [0.15, 0.2) is 0 Å². The van der Waals surface area contributed by atoms with Gasteiger partial charge in [-0.1, -0.05) is 18.1 Å². The maximum atomic E-state index is 13.6. The minimum absolute atomic E-state index is 0.262. The topological polar surface area (TPSA) is 26.0 Å². The molecule has 0 spiro atoms. The number of hydrogen-bond acceptors (Lipinski definition) is 1. The second-order valence-electron chi connectivity index (χ2n) is 4.52. The highest BCUT2D eigenvalue weighted by Crippen LogP contribution is 2.29. The molecule has 2 N–H and O–H groups in total. The molecule has 1 aliphatic carbocycles. The zero-order valence-electron chi connectivity index (χ0n) is 9.76. The van der Waals surface area contributed by atoms with Crippen molar-refractivity contribution in [3.8, 4) is 0 Å². The van der Waals surface area contributed by atoms with E-state index in [9.17, 15) is 8.78 Å². The minimum atomic E-state index is -0.510. The number of allylic oxidation sites excluding steroid dienone is 1. The Labute approximate surface area is 100 Å². The predicted octanol–water partition coefficient (Wildman–Crippen LogP) is 3.86. The molecule has 0 saturated carbocycles. The minimum Gasteiger partial charge on any atom is -0.320 e. The van der Waals surface area contributed by atoms with Gasteiger partial charge in [0, 0.05) is 5.56 Å².